The average molecular weight is 205 g/mol. The van der Waals surface area contributed by atoms with Crippen molar-refractivity contribution in [1.29, 1.82) is 0 Å². The second-order valence-electron chi connectivity index (χ2n) is 4.05. The Bertz CT molecular complexity index is 174. The Labute approximate surface area is 84.0 Å². The number of ether oxygens (including phenoxy) is 1. The minimum absolute atomic E-state index is 0.151. The van der Waals surface area contributed by atoms with E-state index in [1.807, 2.05) is 6.92 Å². The van der Waals surface area contributed by atoms with Gasteiger partial charge in [0.15, 0.2) is 6.29 Å². The van der Waals surface area contributed by atoms with E-state index in [-0.39, 0.29) is 18.6 Å². The summed E-state index contributed by atoms with van der Waals surface area (Å²) in [6, 6.07) is 0. The highest BCUT2D eigenvalue weighted by atomic mass is 17.1. The molecule has 1 saturated heterocycles. The standard InChI is InChI=1S/C9H19NO4/c1-5-6(2)8(4-12-11)13-9(14-10)7(5)3/h5-9,11H,4,10H2,1-3H3/t5-,6-,7+,8?,9?/m0/s1. The molecule has 1 aliphatic rings. The monoisotopic (exact) mass is 205 g/mol. The Kier molecular flexibility index (Phi) is 4.28. The first-order valence-electron chi connectivity index (χ1n) is 4.89. The minimum Gasteiger partial charge on any atom is -0.344 e. The van der Waals surface area contributed by atoms with Gasteiger partial charge in [-0.3, -0.25) is 10.1 Å². The molecular weight excluding hydrogens is 186 g/mol. The van der Waals surface area contributed by atoms with Gasteiger partial charge >= 0.3 is 0 Å². The number of hydrogen-bond acceptors (Lipinski definition) is 5. The Hall–Kier alpha value is -0.200. The molecule has 1 rings (SSSR count). The maximum absolute atomic E-state index is 8.40. The van der Waals surface area contributed by atoms with Crippen LogP contribution in [0.4, 0.5) is 0 Å². The first kappa shape index (κ1) is 11.9. The van der Waals surface area contributed by atoms with Crippen LogP contribution in [0.25, 0.3) is 0 Å². The lowest BCUT2D eigenvalue weighted by molar-refractivity contribution is -0.307. The van der Waals surface area contributed by atoms with Gasteiger partial charge in [0.2, 0.25) is 0 Å². The van der Waals surface area contributed by atoms with E-state index in [1.165, 1.54) is 0 Å². The molecule has 84 valence electrons. The van der Waals surface area contributed by atoms with Crippen molar-refractivity contribution in [3.05, 3.63) is 0 Å². The molecule has 0 bridgehead atoms. The van der Waals surface area contributed by atoms with Gasteiger partial charge in [0.1, 0.15) is 6.61 Å². The van der Waals surface area contributed by atoms with Crippen LogP contribution in [0.2, 0.25) is 0 Å². The van der Waals surface area contributed by atoms with Crippen molar-refractivity contribution < 1.29 is 19.7 Å². The molecule has 1 fully saturated rings. The molecular formula is C9H19NO4. The summed E-state index contributed by atoms with van der Waals surface area (Å²) in [6.07, 6.45) is -0.582. The van der Waals surface area contributed by atoms with Gasteiger partial charge < -0.3 is 4.74 Å². The number of rotatable bonds is 3. The molecule has 5 nitrogen and oxygen atoms in total. The molecule has 0 aromatic heterocycles. The predicted octanol–water partition coefficient (Wildman–Crippen LogP) is 0.999. The topological polar surface area (TPSA) is 73.9 Å². The van der Waals surface area contributed by atoms with E-state index in [1.54, 1.807) is 0 Å². The van der Waals surface area contributed by atoms with Gasteiger partial charge in [-0.05, 0) is 11.8 Å². The molecule has 5 heteroatoms. The molecule has 3 N–H and O–H groups in total. The molecule has 0 amide bonds. The fraction of sp³-hybridized carbons (Fsp3) is 1.00. The van der Waals surface area contributed by atoms with Crippen LogP contribution in [0.15, 0.2) is 0 Å². The van der Waals surface area contributed by atoms with Crippen LogP contribution in [-0.2, 0) is 14.5 Å². The van der Waals surface area contributed by atoms with Gasteiger partial charge in [-0.15, -0.1) is 0 Å². The fourth-order valence-corrected chi connectivity index (χ4v) is 1.91. The largest absolute Gasteiger partial charge is 0.344 e. The first-order chi connectivity index (χ1) is 6.61. The van der Waals surface area contributed by atoms with Crippen LogP contribution < -0.4 is 5.90 Å². The summed E-state index contributed by atoms with van der Waals surface area (Å²) in [5.41, 5.74) is 0. The van der Waals surface area contributed by atoms with Crippen LogP contribution in [0.3, 0.4) is 0 Å². The minimum atomic E-state index is -0.415. The van der Waals surface area contributed by atoms with Crippen LogP contribution in [0, 0.1) is 17.8 Å². The van der Waals surface area contributed by atoms with Gasteiger partial charge in [-0.1, -0.05) is 20.8 Å². The van der Waals surface area contributed by atoms with E-state index in [2.05, 4.69) is 18.7 Å². The summed E-state index contributed by atoms with van der Waals surface area (Å²) in [7, 11) is 0. The van der Waals surface area contributed by atoms with Gasteiger partial charge in [-0.25, -0.2) is 10.8 Å². The molecule has 0 radical (unpaired) electrons. The molecule has 0 aromatic rings. The highest BCUT2D eigenvalue weighted by molar-refractivity contribution is 4.82. The zero-order chi connectivity index (χ0) is 10.7. The van der Waals surface area contributed by atoms with E-state index < -0.39 is 6.29 Å². The van der Waals surface area contributed by atoms with Crippen molar-refractivity contribution >= 4 is 0 Å². The normalized spacial score (nSPS) is 43.9. The SMILES string of the molecule is C[C@H]1[C@H](C)C(COO)OC(ON)[C@@H]1C. The third-order valence-corrected chi connectivity index (χ3v) is 3.36. The van der Waals surface area contributed by atoms with Crippen molar-refractivity contribution in [2.45, 2.75) is 33.2 Å². The third-order valence-electron chi connectivity index (χ3n) is 3.36. The summed E-state index contributed by atoms with van der Waals surface area (Å²) in [5, 5.41) is 8.40. The molecule has 0 aliphatic carbocycles. The van der Waals surface area contributed by atoms with E-state index in [9.17, 15) is 0 Å². The van der Waals surface area contributed by atoms with Crippen molar-refractivity contribution in [2.24, 2.45) is 23.7 Å². The van der Waals surface area contributed by atoms with Crippen LogP contribution >= 0.6 is 0 Å². The maximum Gasteiger partial charge on any atom is 0.180 e. The molecule has 2 unspecified atom stereocenters. The molecule has 0 saturated carbocycles. The number of hydrogen-bond donors (Lipinski definition) is 2. The Morgan fingerprint density at radius 3 is 2.36 bits per heavy atom. The number of nitrogens with two attached hydrogens (primary N) is 1. The van der Waals surface area contributed by atoms with Gasteiger partial charge in [0.05, 0.1) is 6.10 Å². The van der Waals surface area contributed by atoms with Gasteiger partial charge in [0, 0.05) is 5.92 Å². The van der Waals surface area contributed by atoms with E-state index in [0.29, 0.717) is 11.8 Å². The second kappa shape index (κ2) is 5.04. The van der Waals surface area contributed by atoms with E-state index in [0.717, 1.165) is 0 Å². The quantitative estimate of drug-likeness (QED) is 0.531. The van der Waals surface area contributed by atoms with Gasteiger partial charge in [-0.2, -0.15) is 0 Å². The van der Waals surface area contributed by atoms with Crippen LogP contribution in [-0.4, -0.2) is 24.3 Å². The lowest BCUT2D eigenvalue weighted by Gasteiger charge is -2.41. The Morgan fingerprint density at radius 2 is 1.86 bits per heavy atom. The smallest absolute Gasteiger partial charge is 0.180 e. The third kappa shape index (κ3) is 2.24. The van der Waals surface area contributed by atoms with Crippen molar-refractivity contribution in [1.82, 2.24) is 0 Å². The highest BCUT2D eigenvalue weighted by Crippen LogP contribution is 2.34. The van der Waals surface area contributed by atoms with Crippen molar-refractivity contribution in [3.63, 3.8) is 0 Å². The molecule has 1 heterocycles. The summed E-state index contributed by atoms with van der Waals surface area (Å²) >= 11 is 0. The molecule has 0 aromatic carbocycles. The zero-order valence-electron chi connectivity index (χ0n) is 8.84. The van der Waals surface area contributed by atoms with Crippen LogP contribution in [0.1, 0.15) is 20.8 Å². The summed E-state index contributed by atoms with van der Waals surface area (Å²) in [5.74, 6) is 6.10. The summed E-state index contributed by atoms with van der Waals surface area (Å²) in [4.78, 5) is 8.85. The molecule has 5 atom stereocenters. The van der Waals surface area contributed by atoms with Crippen molar-refractivity contribution in [2.75, 3.05) is 6.61 Å². The van der Waals surface area contributed by atoms with E-state index in [4.69, 9.17) is 20.7 Å². The predicted molar refractivity (Wildman–Crippen MR) is 50.0 cm³/mol. The second-order valence-corrected chi connectivity index (χ2v) is 4.05. The molecule has 0 spiro atoms. The first-order valence-corrected chi connectivity index (χ1v) is 4.89. The average Bonchev–Trinajstić information content (AvgIpc) is 2.19. The Balaban J connectivity index is 2.63. The lowest BCUT2D eigenvalue weighted by atomic mass is 9.79. The highest BCUT2D eigenvalue weighted by Gasteiger charge is 2.39. The molecule has 14 heavy (non-hydrogen) atoms. The van der Waals surface area contributed by atoms with Gasteiger partial charge in [0.25, 0.3) is 0 Å². The maximum atomic E-state index is 8.40. The van der Waals surface area contributed by atoms with E-state index >= 15 is 0 Å². The van der Waals surface area contributed by atoms with Crippen LogP contribution in [0.5, 0.6) is 0 Å². The fourth-order valence-electron chi connectivity index (χ4n) is 1.91. The molecule has 1 aliphatic heterocycles. The zero-order valence-corrected chi connectivity index (χ0v) is 8.84. The summed E-state index contributed by atoms with van der Waals surface area (Å²) in [6.45, 7) is 6.37. The van der Waals surface area contributed by atoms with Crippen molar-refractivity contribution in [3.8, 4) is 0 Å². The lowest BCUT2D eigenvalue weighted by Crippen LogP contribution is -2.48. The summed E-state index contributed by atoms with van der Waals surface area (Å²) < 4.78 is 5.54. The Morgan fingerprint density at radius 1 is 1.21 bits per heavy atom.